The van der Waals surface area contributed by atoms with Crippen molar-refractivity contribution in [2.75, 3.05) is 29.9 Å². The Bertz CT molecular complexity index is 942. The van der Waals surface area contributed by atoms with Crippen molar-refractivity contribution in [2.45, 2.75) is 19.8 Å². The van der Waals surface area contributed by atoms with Crippen molar-refractivity contribution in [2.24, 2.45) is 5.92 Å². The third-order valence-corrected chi connectivity index (χ3v) is 4.97. The molecule has 1 saturated heterocycles. The van der Waals surface area contributed by atoms with Crippen LogP contribution >= 0.6 is 0 Å². The van der Waals surface area contributed by atoms with Crippen LogP contribution in [0.3, 0.4) is 0 Å². The van der Waals surface area contributed by atoms with Crippen LogP contribution in [0.2, 0.25) is 0 Å². The molecule has 0 aliphatic carbocycles. The Morgan fingerprint density at radius 3 is 2.79 bits per heavy atom. The van der Waals surface area contributed by atoms with Crippen molar-refractivity contribution in [1.29, 1.82) is 0 Å². The molecule has 1 fully saturated rings. The lowest BCUT2D eigenvalue weighted by molar-refractivity contribution is -0.120. The van der Waals surface area contributed by atoms with E-state index >= 15 is 0 Å². The minimum atomic E-state index is -0.117. The smallest absolute Gasteiger partial charge is 0.229 e. The fourth-order valence-electron chi connectivity index (χ4n) is 3.50. The van der Waals surface area contributed by atoms with Crippen molar-refractivity contribution in [3.05, 3.63) is 55.1 Å². The second kappa shape index (κ2) is 8.72. The van der Waals surface area contributed by atoms with E-state index in [1.54, 1.807) is 17.1 Å². The van der Waals surface area contributed by atoms with Crippen LogP contribution in [0.4, 0.5) is 11.5 Å². The largest absolute Gasteiger partial charge is 0.492 e. The van der Waals surface area contributed by atoms with Gasteiger partial charge in [0.25, 0.3) is 0 Å². The van der Waals surface area contributed by atoms with Gasteiger partial charge < -0.3 is 15.0 Å². The minimum absolute atomic E-state index is 0.00449. The van der Waals surface area contributed by atoms with E-state index in [1.807, 2.05) is 49.5 Å². The Morgan fingerprint density at radius 2 is 2.03 bits per heavy atom. The van der Waals surface area contributed by atoms with Crippen molar-refractivity contribution in [3.8, 4) is 11.6 Å². The van der Waals surface area contributed by atoms with Crippen LogP contribution in [0, 0.1) is 5.92 Å². The average molecular weight is 392 g/mol. The Balaban J connectivity index is 1.42. The van der Waals surface area contributed by atoms with Gasteiger partial charge in [0, 0.05) is 25.5 Å². The van der Waals surface area contributed by atoms with E-state index in [2.05, 4.69) is 25.4 Å². The molecular formula is C21H24N6O2. The predicted molar refractivity (Wildman–Crippen MR) is 110 cm³/mol. The number of nitrogens with zero attached hydrogens (tertiary/aromatic N) is 5. The zero-order valence-corrected chi connectivity index (χ0v) is 16.4. The van der Waals surface area contributed by atoms with Crippen LogP contribution in [-0.4, -0.2) is 45.4 Å². The summed E-state index contributed by atoms with van der Waals surface area (Å²) in [6, 6.07) is 11.4. The standard InChI is InChI=1S/C21H24N6O2/c1-2-29-18-8-4-3-7-17(18)23-21(28)16-6-5-12-26(14-16)19-9-10-20(25-24-19)27-13-11-22-15-27/h3-4,7-11,13,15-16H,2,5-6,12,14H2,1H3,(H,23,28). The Hall–Kier alpha value is -3.42. The number of anilines is 2. The molecule has 1 atom stereocenters. The molecule has 0 radical (unpaired) electrons. The summed E-state index contributed by atoms with van der Waals surface area (Å²) in [5, 5.41) is 11.7. The number of para-hydroxylation sites is 2. The summed E-state index contributed by atoms with van der Waals surface area (Å²) in [5.74, 6) is 2.07. The molecule has 1 N–H and O–H groups in total. The number of piperidine rings is 1. The van der Waals surface area contributed by atoms with Crippen LogP contribution in [0.25, 0.3) is 5.82 Å². The number of carbonyl (C=O) groups excluding carboxylic acids is 1. The third-order valence-electron chi connectivity index (χ3n) is 4.97. The number of imidazole rings is 1. The topological polar surface area (TPSA) is 85.2 Å². The van der Waals surface area contributed by atoms with E-state index < -0.39 is 0 Å². The molecule has 1 amide bonds. The van der Waals surface area contributed by atoms with E-state index in [9.17, 15) is 4.79 Å². The molecule has 1 aliphatic heterocycles. The summed E-state index contributed by atoms with van der Waals surface area (Å²) in [5.41, 5.74) is 0.709. The number of benzene rings is 1. The van der Waals surface area contributed by atoms with Gasteiger partial charge in [0.2, 0.25) is 5.91 Å². The first kappa shape index (κ1) is 18.9. The first-order valence-corrected chi connectivity index (χ1v) is 9.84. The summed E-state index contributed by atoms with van der Waals surface area (Å²) in [7, 11) is 0. The maximum absolute atomic E-state index is 12.9. The van der Waals surface area contributed by atoms with Gasteiger partial charge in [-0.2, -0.15) is 0 Å². The first-order chi connectivity index (χ1) is 14.2. The second-order valence-corrected chi connectivity index (χ2v) is 6.92. The minimum Gasteiger partial charge on any atom is -0.492 e. The molecule has 0 bridgehead atoms. The zero-order chi connectivity index (χ0) is 20.1. The highest BCUT2D eigenvalue weighted by Gasteiger charge is 2.27. The monoisotopic (exact) mass is 392 g/mol. The Labute approximate surface area is 169 Å². The number of ether oxygens (including phenoxy) is 1. The lowest BCUT2D eigenvalue weighted by Gasteiger charge is -2.32. The van der Waals surface area contributed by atoms with Gasteiger partial charge in [0.1, 0.15) is 12.1 Å². The van der Waals surface area contributed by atoms with Crippen molar-refractivity contribution >= 4 is 17.4 Å². The third kappa shape index (κ3) is 4.37. The fourth-order valence-corrected chi connectivity index (χ4v) is 3.50. The molecule has 150 valence electrons. The molecule has 0 saturated carbocycles. The number of hydrogen-bond acceptors (Lipinski definition) is 6. The Kier molecular flexibility index (Phi) is 5.69. The molecule has 3 heterocycles. The van der Waals surface area contributed by atoms with Crippen LogP contribution in [0.5, 0.6) is 5.75 Å². The van der Waals surface area contributed by atoms with Crippen LogP contribution in [0.1, 0.15) is 19.8 Å². The number of hydrogen-bond donors (Lipinski definition) is 1. The lowest BCUT2D eigenvalue weighted by Crippen LogP contribution is -2.41. The van der Waals surface area contributed by atoms with Crippen molar-refractivity contribution in [3.63, 3.8) is 0 Å². The number of carbonyl (C=O) groups is 1. The van der Waals surface area contributed by atoms with Crippen LogP contribution in [0.15, 0.2) is 55.1 Å². The Morgan fingerprint density at radius 1 is 1.21 bits per heavy atom. The average Bonchev–Trinajstić information content (AvgIpc) is 3.30. The number of rotatable bonds is 6. The van der Waals surface area contributed by atoms with Crippen LogP contribution in [-0.2, 0) is 4.79 Å². The highest BCUT2D eigenvalue weighted by atomic mass is 16.5. The van der Waals surface area contributed by atoms with Gasteiger partial charge in [-0.25, -0.2) is 4.98 Å². The number of amides is 1. The highest BCUT2D eigenvalue weighted by molar-refractivity contribution is 5.94. The summed E-state index contributed by atoms with van der Waals surface area (Å²) < 4.78 is 7.41. The van der Waals surface area contributed by atoms with Gasteiger partial charge in [-0.1, -0.05) is 12.1 Å². The van der Waals surface area contributed by atoms with E-state index in [0.29, 0.717) is 30.4 Å². The molecule has 1 aliphatic rings. The zero-order valence-electron chi connectivity index (χ0n) is 16.4. The van der Waals surface area contributed by atoms with Gasteiger partial charge in [-0.3, -0.25) is 9.36 Å². The predicted octanol–water partition coefficient (Wildman–Crippen LogP) is 2.92. The maximum atomic E-state index is 12.9. The number of aromatic nitrogens is 4. The van der Waals surface area contributed by atoms with E-state index in [4.69, 9.17) is 4.74 Å². The SMILES string of the molecule is CCOc1ccccc1NC(=O)C1CCCN(c2ccc(-n3ccnc3)nn2)C1. The normalized spacial score (nSPS) is 16.4. The number of nitrogens with one attached hydrogen (secondary N) is 1. The molecule has 4 rings (SSSR count). The molecule has 1 aromatic carbocycles. The van der Waals surface area contributed by atoms with Crippen molar-refractivity contribution < 1.29 is 9.53 Å². The molecule has 29 heavy (non-hydrogen) atoms. The van der Waals surface area contributed by atoms with E-state index in [1.165, 1.54) is 0 Å². The molecule has 2 aromatic heterocycles. The molecule has 0 spiro atoms. The van der Waals surface area contributed by atoms with Gasteiger partial charge >= 0.3 is 0 Å². The molecule has 3 aromatic rings. The van der Waals surface area contributed by atoms with Gasteiger partial charge in [0.05, 0.1) is 18.2 Å². The first-order valence-electron chi connectivity index (χ1n) is 9.84. The lowest BCUT2D eigenvalue weighted by atomic mass is 9.97. The van der Waals surface area contributed by atoms with E-state index in [-0.39, 0.29) is 11.8 Å². The van der Waals surface area contributed by atoms with Gasteiger partial charge in [0.15, 0.2) is 11.6 Å². The van der Waals surface area contributed by atoms with Crippen molar-refractivity contribution in [1.82, 2.24) is 19.7 Å². The van der Waals surface area contributed by atoms with Gasteiger partial charge in [-0.05, 0) is 44.0 Å². The summed E-state index contributed by atoms with van der Waals surface area (Å²) in [4.78, 5) is 19.0. The molecule has 8 nitrogen and oxygen atoms in total. The van der Waals surface area contributed by atoms with Gasteiger partial charge in [-0.15, -0.1) is 10.2 Å². The summed E-state index contributed by atoms with van der Waals surface area (Å²) in [6.45, 7) is 3.95. The van der Waals surface area contributed by atoms with E-state index in [0.717, 1.165) is 25.2 Å². The molecular weight excluding hydrogens is 368 g/mol. The quantitative estimate of drug-likeness (QED) is 0.694. The summed E-state index contributed by atoms with van der Waals surface area (Å²) in [6.07, 6.45) is 6.99. The highest BCUT2D eigenvalue weighted by Crippen LogP contribution is 2.27. The molecule has 8 heteroatoms. The molecule has 1 unspecified atom stereocenters. The maximum Gasteiger partial charge on any atom is 0.229 e. The summed E-state index contributed by atoms with van der Waals surface area (Å²) >= 11 is 0. The van der Waals surface area contributed by atoms with Crippen LogP contribution < -0.4 is 15.0 Å². The fraction of sp³-hybridized carbons (Fsp3) is 0.333. The second-order valence-electron chi connectivity index (χ2n) is 6.92.